The number of methoxy groups -OCH3 is 1. The van der Waals surface area contributed by atoms with Gasteiger partial charge in [0, 0.05) is 11.6 Å². The molecule has 1 aliphatic carbocycles. The summed E-state index contributed by atoms with van der Waals surface area (Å²) < 4.78 is 5.47. The number of nitrogens with zero attached hydrogens (tertiary/aromatic N) is 1. The molecule has 0 heterocycles. The normalized spacial score (nSPS) is 14.8. The smallest absolute Gasteiger partial charge is 0.337 e. The van der Waals surface area contributed by atoms with Crippen LogP contribution < -0.4 is 5.32 Å². The van der Waals surface area contributed by atoms with Crippen LogP contribution in [0, 0.1) is 5.21 Å². The molecule has 0 atom stereocenters. The Labute approximate surface area is 163 Å². The lowest BCUT2D eigenvalue weighted by atomic mass is 9.96. The molecule has 6 nitrogen and oxygen atoms in total. The zero-order valence-electron chi connectivity index (χ0n) is 16.3. The number of benzene rings is 2. The van der Waals surface area contributed by atoms with Gasteiger partial charge in [-0.25, -0.2) is 9.53 Å². The second kappa shape index (κ2) is 7.68. The standard InChI is InChI=1S/C22H22N2O4/c1-13(2)23-21(25)19-18(14-8-6-5-7-9-14)16-11-10-15(22(26)28-4)12-17(16)20(19)24(3)27/h5-13H,1-4H3,(H,23,25)/b24-20+. The van der Waals surface area contributed by atoms with Crippen LogP contribution in [-0.4, -0.2) is 42.5 Å². The fraction of sp³-hybridized carbons (Fsp3) is 0.227. The van der Waals surface area contributed by atoms with Gasteiger partial charge in [-0.1, -0.05) is 36.4 Å². The predicted octanol–water partition coefficient (Wildman–Crippen LogP) is 2.74. The van der Waals surface area contributed by atoms with Crippen molar-refractivity contribution in [1.82, 2.24) is 5.32 Å². The van der Waals surface area contributed by atoms with Gasteiger partial charge in [0.25, 0.3) is 5.91 Å². The van der Waals surface area contributed by atoms with Gasteiger partial charge in [-0.05, 0) is 37.1 Å². The summed E-state index contributed by atoms with van der Waals surface area (Å²) in [6.45, 7) is 3.72. The van der Waals surface area contributed by atoms with Gasteiger partial charge in [-0.15, -0.1) is 0 Å². The highest BCUT2D eigenvalue weighted by Crippen LogP contribution is 2.38. The zero-order valence-corrected chi connectivity index (χ0v) is 16.3. The van der Waals surface area contributed by atoms with Crippen LogP contribution in [0.1, 0.15) is 40.9 Å². The lowest BCUT2D eigenvalue weighted by molar-refractivity contribution is -0.421. The molecule has 0 unspecified atom stereocenters. The molecule has 0 fully saturated rings. The number of ether oxygens (including phenoxy) is 1. The van der Waals surface area contributed by atoms with Gasteiger partial charge in [0.1, 0.15) is 12.6 Å². The maximum atomic E-state index is 13.1. The number of amides is 1. The first kappa shape index (κ1) is 19.4. The van der Waals surface area contributed by atoms with Gasteiger partial charge < -0.3 is 15.3 Å². The molecule has 3 rings (SSSR count). The van der Waals surface area contributed by atoms with E-state index >= 15 is 0 Å². The van der Waals surface area contributed by atoms with Crippen LogP contribution in [0.25, 0.3) is 5.57 Å². The summed E-state index contributed by atoms with van der Waals surface area (Å²) >= 11 is 0. The summed E-state index contributed by atoms with van der Waals surface area (Å²) in [5, 5.41) is 15.4. The number of nitrogens with one attached hydrogen (secondary N) is 1. The SMILES string of the molecule is COC(=O)c1ccc2c(c1)/C(=[N+](/C)[O-])C(C(=O)NC(C)C)=C2c1ccccc1. The number of hydrogen-bond acceptors (Lipinski definition) is 4. The van der Waals surface area contributed by atoms with Crippen molar-refractivity contribution < 1.29 is 19.1 Å². The number of esters is 1. The number of hydroxylamine groups is 1. The van der Waals surface area contributed by atoms with Crippen LogP contribution in [0.5, 0.6) is 0 Å². The Morgan fingerprint density at radius 3 is 2.32 bits per heavy atom. The van der Waals surface area contributed by atoms with Gasteiger partial charge >= 0.3 is 5.97 Å². The van der Waals surface area contributed by atoms with Crippen molar-refractivity contribution in [2.24, 2.45) is 0 Å². The van der Waals surface area contributed by atoms with Gasteiger partial charge in [0.05, 0.1) is 18.2 Å². The molecule has 0 aromatic heterocycles. The molecule has 0 saturated heterocycles. The molecule has 2 aromatic carbocycles. The Balaban J connectivity index is 2.31. The van der Waals surface area contributed by atoms with E-state index < -0.39 is 5.97 Å². The third-order valence-corrected chi connectivity index (χ3v) is 4.48. The van der Waals surface area contributed by atoms with E-state index in [4.69, 9.17) is 4.74 Å². The molecule has 0 radical (unpaired) electrons. The summed E-state index contributed by atoms with van der Waals surface area (Å²) in [6.07, 6.45) is 0. The van der Waals surface area contributed by atoms with Gasteiger partial charge in [0.15, 0.2) is 0 Å². The third kappa shape index (κ3) is 3.41. The van der Waals surface area contributed by atoms with Gasteiger partial charge in [0.2, 0.25) is 5.71 Å². The molecular weight excluding hydrogens is 356 g/mol. The molecule has 28 heavy (non-hydrogen) atoms. The maximum Gasteiger partial charge on any atom is 0.337 e. The molecule has 6 heteroatoms. The van der Waals surface area contributed by atoms with Crippen LogP contribution in [-0.2, 0) is 9.53 Å². The van der Waals surface area contributed by atoms with E-state index in [1.807, 2.05) is 44.2 Å². The monoisotopic (exact) mass is 378 g/mol. The van der Waals surface area contributed by atoms with E-state index in [0.717, 1.165) is 11.1 Å². The van der Waals surface area contributed by atoms with Gasteiger partial charge in [-0.3, -0.25) is 4.79 Å². The molecule has 1 amide bonds. The number of rotatable bonds is 4. The number of carbonyl (C=O) groups is 2. The highest BCUT2D eigenvalue weighted by atomic mass is 16.5. The highest BCUT2D eigenvalue weighted by Gasteiger charge is 2.38. The predicted molar refractivity (Wildman–Crippen MR) is 107 cm³/mol. The minimum atomic E-state index is -0.503. The van der Waals surface area contributed by atoms with Crippen molar-refractivity contribution in [2.75, 3.05) is 14.2 Å². The average Bonchev–Trinajstić information content (AvgIpc) is 3.02. The van der Waals surface area contributed by atoms with Crippen LogP contribution in [0.15, 0.2) is 54.1 Å². The van der Waals surface area contributed by atoms with Gasteiger partial charge in [-0.2, -0.15) is 0 Å². The summed E-state index contributed by atoms with van der Waals surface area (Å²) in [7, 11) is 2.65. The largest absolute Gasteiger partial charge is 0.624 e. The van der Waals surface area contributed by atoms with Crippen molar-refractivity contribution in [2.45, 2.75) is 19.9 Å². The maximum absolute atomic E-state index is 13.1. The third-order valence-electron chi connectivity index (χ3n) is 4.48. The molecule has 1 N–H and O–H groups in total. The Morgan fingerprint density at radius 2 is 1.75 bits per heavy atom. The molecule has 0 aliphatic heterocycles. The van der Waals surface area contributed by atoms with Crippen LogP contribution >= 0.6 is 0 Å². The zero-order chi connectivity index (χ0) is 20.4. The second-order valence-electron chi connectivity index (χ2n) is 6.84. The quantitative estimate of drug-likeness (QED) is 0.384. The first-order valence-corrected chi connectivity index (χ1v) is 8.97. The van der Waals surface area contributed by atoms with E-state index in [2.05, 4.69) is 5.32 Å². The van der Waals surface area contributed by atoms with E-state index in [1.54, 1.807) is 18.2 Å². The Morgan fingerprint density at radius 1 is 1.07 bits per heavy atom. The fourth-order valence-corrected chi connectivity index (χ4v) is 3.38. The first-order valence-electron chi connectivity index (χ1n) is 8.97. The summed E-state index contributed by atoms with van der Waals surface area (Å²) in [5.74, 6) is -0.834. The first-order chi connectivity index (χ1) is 13.3. The van der Waals surface area contributed by atoms with Crippen LogP contribution in [0.2, 0.25) is 0 Å². The Kier molecular flexibility index (Phi) is 5.31. The van der Waals surface area contributed by atoms with Crippen molar-refractivity contribution in [1.29, 1.82) is 0 Å². The minimum Gasteiger partial charge on any atom is -0.624 e. The molecule has 144 valence electrons. The molecule has 0 saturated carbocycles. The molecule has 2 aromatic rings. The number of hydrogen-bond donors (Lipinski definition) is 1. The fourth-order valence-electron chi connectivity index (χ4n) is 3.38. The van der Waals surface area contributed by atoms with Crippen LogP contribution in [0.3, 0.4) is 0 Å². The van der Waals surface area contributed by atoms with Crippen LogP contribution in [0.4, 0.5) is 0 Å². The number of carbonyl (C=O) groups excluding carboxylic acids is 2. The van der Waals surface area contributed by atoms with E-state index in [1.165, 1.54) is 14.2 Å². The van der Waals surface area contributed by atoms with E-state index in [-0.39, 0.29) is 17.7 Å². The Bertz CT molecular complexity index is 1000. The van der Waals surface area contributed by atoms with Crippen molar-refractivity contribution >= 4 is 23.2 Å². The number of fused-ring (bicyclic) bond motifs is 1. The lowest BCUT2D eigenvalue weighted by Crippen LogP contribution is -2.35. The van der Waals surface area contributed by atoms with E-state index in [9.17, 15) is 14.8 Å². The summed E-state index contributed by atoms with van der Waals surface area (Å²) in [6, 6.07) is 14.3. The summed E-state index contributed by atoms with van der Waals surface area (Å²) in [4.78, 5) is 25.0. The molecule has 1 aliphatic rings. The van der Waals surface area contributed by atoms with Crippen molar-refractivity contribution in [3.8, 4) is 0 Å². The molecule has 0 bridgehead atoms. The lowest BCUT2D eigenvalue weighted by Gasteiger charge is -2.12. The Hall–Kier alpha value is -3.41. The van der Waals surface area contributed by atoms with Crippen molar-refractivity contribution in [3.63, 3.8) is 0 Å². The van der Waals surface area contributed by atoms with E-state index in [0.29, 0.717) is 27.0 Å². The topological polar surface area (TPSA) is 81.5 Å². The van der Waals surface area contributed by atoms with Crippen molar-refractivity contribution in [3.05, 3.63) is 81.6 Å². The summed E-state index contributed by atoms with van der Waals surface area (Å²) in [5.41, 5.74) is 3.60. The molecular formula is C22H22N2O4. The molecule has 0 spiro atoms. The second-order valence-corrected chi connectivity index (χ2v) is 6.84. The minimum absolute atomic E-state index is 0.0930. The highest BCUT2D eigenvalue weighted by molar-refractivity contribution is 6.36. The average molecular weight is 378 g/mol.